The van der Waals surface area contributed by atoms with Gasteiger partial charge < -0.3 is 14.5 Å². The Morgan fingerprint density at radius 1 is 1.03 bits per heavy atom. The van der Waals surface area contributed by atoms with Crippen LogP contribution in [0.15, 0.2) is 45.3 Å². The highest BCUT2D eigenvalue weighted by Crippen LogP contribution is 2.36. The van der Waals surface area contributed by atoms with E-state index in [4.69, 9.17) is 4.74 Å². The average molecular weight is 547 g/mol. The summed E-state index contributed by atoms with van der Waals surface area (Å²) in [4.78, 5) is 28.4. The van der Waals surface area contributed by atoms with E-state index < -0.39 is 11.7 Å². The zero-order valence-electron chi connectivity index (χ0n) is 16.3. The van der Waals surface area contributed by atoms with E-state index in [0.717, 1.165) is 39.9 Å². The summed E-state index contributed by atoms with van der Waals surface area (Å²) >= 11 is 7.14. The number of para-hydroxylation sites is 1. The number of ketones is 1. The number of carbonyl (C=O) groups excluding carboxylic acids is 2. The molecule has 0 spiro atoms. The molecule has 0 aliphatic carbocycles. The van der Waals surface area contributed by atoms with Crippen LogP contribution in [-0.4, -0.2) is 42.8 Å². The predicted molar refractivity (Wildman–Crippen MR) is 124 cm³/mol. The van der Waals surface area contributed by atoms with Crippen LogP contribution in [0.25, 0.3) is 0 Å². The normalized spacial score (nSPS) is 12.9. The molecule has 0 saturated heterocycles. The van der Waals surface area contributed by atoms with E-state index in [2.05, 4.69) is 50.6 Å². The molecule has 8 heteroatoms. The Morgan fingerprint density at radius 3 is 2.28 bits per heavy atom. The summed E-state index contributed by atoms with van der Waals surface area (Å²) in [6, 6.07) is 10.9. The molecule has 1 amide bonds. The number of hydrogen-bond donors (Lipinski definition) is 0. The number of ether oxygens (including phenoxy) is 1. The number of Topliss-reactive ketones (excluding diaryl/α,β-unsaturated/α-hetero) is 1. The lowest BCUT2D eigenvalue weighted by Crippen LogP contribution is -2.29. The van der Waals surface area contributed by atoms with Crippen molar-refractivity contribution in [1.29, 1.82) is 0 Å². The van der Waals surface area contributed by atoms with E-state index in [-0.39, 0.29) is 12.4 Å². The van der Waals surface area contributed by atoms with Crippen LogP contribution < -0.4 is 9.64 Å². The van der Waals surface area contributed by atoms with Crippen molar-refractivity contribution in [2.75, 3.05) is 31.1 Å². The van der Waals surface area contributed by atoms with E-state index in [1.165, 1.54) is 4.90 Å². The first-order valence-electron chi connectivity index (χ1n) is 9.24. The fraction of sp³-hybridized carbons (Fsp3) is 0.333. The summed E-state index contributed by atoms with van der Waals surface area (Å²) in [5.41, 5.74) is 2.01. The summed E-state index contributed by atoms with van der Waals surface area (Å²) in [5.74, 6) is -0.210. The molecule has 0 saturated carbocycles. The van der Waals surface area contributed by atoms with Crippen molar-refractivity contribution in [2.24, 2.45) is 0 Å². The smallest absolute Gasteiger partial charge is 0.299 e. The molecule has 0 N–H and O–H groups in total. The maximum absolute atomic E-state index is 12.4. The third kappa shape index (κ3) is 5.20. The number of nitrogens with zero attached hydrogens (tertiary/aromatic N) is 2. The molecule has 0 bridgehead atoms. The molecular weight excluding hydrogens is 524 g/mol. The Labute approximate surface area is 194 Å². The van der Waals surface area contributed by atoms with Gasteiger partial charge in [0.15, 0.2) is 0 Å². The molecule has 2 aromatic carbocycles. The van der Waals surface area contributed by atoms with E-state index in [1.54, 1.807) is 18.2 Å². The van der Waals surface area contributed by atoms with Crippen LogP contribution in [0.1, 0.15) is 29.8 Å². The Balaban J connectivity index is 0.00000300. The zero-order chi connectivity index (χ0) is 20.3. The molecule has 0 radical (unpaired) electrons. The Bertz CT molecular complexity index is 880. The van der Waals surface area contributed by atoms with E-state index >= 15 is 0 Å². The molecule has 0 unspecified atom stereocenters. The number of anilines is 1. The molecule has 0 atom stereocenters. The van der Waals surface area contributed by atoms with Crippen molar-refractivity contribution in [3.63, 3.8) is 0 Å². The number of carbonyl (C=O) groups is 2. The zero-order valence-corrected chi connectivity index (χ0v) is 20.3. The largest absolute Gasteiger partial charge is 0.490 e. The number of fused-ring (bicyclic) bond motifs is 1. The van der Waals surface area contributed by atoms with Gasteiger partial charge in [-0.1, -0.05) is 26.0 Å². The van der Waals surface area contributed by atoms with Crippen LogP contribution in [0.4, 0.5) is 5.69 Å². The average Bonchev–Trinajstić information content (AvgIpc) is 2.92. The van der Waals surface area contributed by atoms with Crippen LogP contribution in [0, 0.1) is 0 Å². The van der Waals surface area contributed by atoms with Crippen LogP contribution in [0.3, 0.4) is 0 Å². The lowest BCUT2D eigenvalue weighted by Gasteiger charge is -2.20. The van der Waals surface area contributed by atoms with Crippen LogP contribution in [0.2, 0.25) is 0 Å². The molecule has 0 aromatic heterocycles. The van der Waals surface area contributed by atoms with Crippen molar-refractivity contribution in [3.8, 4) is 5.75 Å². The van der Waals surface area contributed by atoms with Gasteiger partial charge in [-0.2, -0.15) is 0 Å². The van der Waals surface area contributed by atoms with Gasteiger partial charge in [0.2, 0.25) is 0 Å². The number of halogens is 3. The third-order valence-electron chi connectivity index (χ3n) is 4.83. The standard InChI is InChI=1S/C21H22Br2N2O3.ClH/c1-3-24(4-2)9-10-28-20-16(22)11-14(12-17(20)23)13-25-18-8-6-5-7-15(18)19(26)21(25)27;/h5-8,11-12H,3-4,9-10,13H2,1-2H3;1H. The highest BCUT2D eigenvalue weighted by molar-refractivity contribution is 9.11. The van der Waals surface area contributed by atoms with Gasteiger partial charge in [0, 0.05) is 6.54 Å². The van der Waals surface area contributed by atoms with Crippen molar-refractivity contribution < 1.29 is 14.3 Å². The molecular formula is C21H23Br2ClN2O3. The SMILES string of the molecule is CCN(CC)CCOc1c(Br)cc(CN2C(=O)C(=O)c3ccccc32)cc1Br.Cl. The minimum atomic E-state index is -0.493. The molecule has 3 rings (SSSR count). The summed E-state index contributed by atoms with van der Waals surface area (Å²) in [6.07, 6.45) is 0. The number of amides is 1. The summed E-state index contributed by atoms with van der Waals surface area (Å²) in [5, 5.41) is 0. The summed E-state index contributed by atoms with van der Waals surface area (Å²) < 4.78 is 7.57. The van der Waals surface area contributed by atoms with E-state index in [0.29, 0.717) is 24.4 Å². The highest BCUT2D eigenvalue weighted by atomic mass is 79.9. The molecule has 0 fully saturated rings. The molecule has 5 nitrogen and oxygen atoms in total. The van der Waals surface area contributed by atoms with E-state index in [9.17, 15) is 9.59 Å². The quantitative estimate of drug-likeness (QED) is 0.433. The predicted octanol–water partition coefficient (Wildman–Crippen LogP) is 5.08. The monoisotopic (exact) mass is 544 g/mol. The third-order valence-corrected chi connectivity index (χ3v) is 6.00. The Kier molecular flexibility index (Phi) is 8.70. The molecule has 156 valence electrons. The molecule has 1 heterocycles. The Hall–Kier alpha value is -1.41. The maximum atomic E-state index is 12.4. The molecule has 29 heavy (non-hydrogen) atoms. The van der Waals surface area contributed by atoms with Gasteiger partial charge in [-0.05, 0) is 74.8 Å². The van der Waals surface area contributed by atoms with Gasteiger partial charge >= 0.3 is 0 Å². The second-order valence-electron chi connectivity index (χ2n) is 6.50. The molecule has 2 aromatic rings. The minimum absolute atomic E-state index is 0. The molecule has 1 aliphatic rings. The van der Waals surface area contributed by atoms with Gasteiger partial charge in [0.1, 0.15) is 12.4 Å². The minimum Gasteiger partial charge on any atom is -0.490 e. The lowest BCUT2D eigenvalue weighted by atomic mass is 10.1. The highest BCUT2D eigenvalue weighted by Gasteiger charge is 2.35. The number of hydrogen-bond acceptors (Lipinski definition) is 4. The maximum Gasteiger partial charge on any atom is 0.299 e. The van der Waals surface area contributed by atoms with Crippen LogP contribution >= 0.6 is 44.3 Å². The van der Waals surface area contributed by atoms with Crippen molar-refractivity contribution in [2.45, 2.75) is 20.4 Å². The van der Waals surface area contributed by atoms with Gasteiger partial charge in [-0.15, -0.1) is 12.4 Å². The second-order valence-corrected chi connectivity index (χ2v) is 8.21. The second kappa shape index (κ2) is 10.6. The van der Waals surface area contributed by atoms with Crippen LogP contribution in [0.5, 0.6) is 5.75 Å². The number of rotatable bonds is 8. The molecule has 1 aliphatic heterocycles. The lowest BCUT2D eigenvalue weighted by molar-refractivity contribution is -0.114. The number of benzene rings is 2. The van der Waals surface area contributed by atoms with Crippen molar-refractivity contribution in [1.82, 2.24) is 4.90 Å². The fourth-order valence-corrected chi connectivity index (χ4v) is 4.76. The number of likely N-dealkylation sites (N-methyl/N-ethyl adjacent to an activating group) is 1. The van der Waals surface area contributed by atoms with Crippen LogP contribution in [-0.2, 0) is 11.3 Å². The fourth-order valence-electron chi connectivity index (χ4n) is 3.25. The van der Waals surface area contributed by atoms with Crippen molar-refractivity contribution in [3.05, 3.63) is 56.5 Å². The van der Waals surface area contributed by atoms with E-state index in [1.807, 2.05) is 18.2 Å². The first-order valence-corrected chi connectivity index (χ1v) is 10.8. The summed E-state index contributed by atoms with van der Waals surface area (Å²) in [6.45, 7) is 8.01. The van der Waals surface area contributed by atoms with Gasteiger partial charge in [-0.3, -0.25) is 9.59 Å². The van der Waals surface area contributed by atoms with Gasteiger partial charge in [0.05, 0.1) is 26.7 Å². The summed E-state index contributed by atoms with van der Waals surface area (Å²) in [7, 11) is 0. The first kappa shape index (κ1) is 23.9. The Morgan fingerprint density at radius 2 is 1.66 bits per heavy atom. The first-order chi connectivity index (χ1) is 13.5. The topological polar surface area (TPSA) is 49.9 Å². The van der Waals surface area contributed by atoms with Gasteiger partial charge in [0.25, 0.3) is 11.7 Å². The van der Waals surface area contributed by atoms with Crippen molar-refractivity contribution >= 4 is 61.6 Å². The van der Waals surface area contributed by atoms with Gasteiger partial charge in [-0.25, -0.2) is 0 Å².